The van der Waals surface area contributed by atoms with Gasteiger partial charge in [0.25, 0.3) is 0 Å². The number of hydrogen-bond acceptors (Lipinski definition) is 4. The second-order valence-corrected chi connectivity index (χ2v) is 5.82. The second-order valence-electron chi connectivity index (χ2n) is 3.98. The van der Waals surface area contributed by atoms with E-state index in [1.165, 1.54) is 7.11 Å². The maximum Gasteiger partial charge on any atom is 0.234 e. The topological polar surface area (TPSA) is 84.1 Å². The predicted molar refractivity (Wildman–Crippen MR) is 73.3 cm³/mol. The summed E-state index contributed by atoms with van der Waals surface area (Å²) in [5, 5.41) is 6.59. The Kier molecular flexibility index (Phi) is 4.18. The number of ether oxygens (including phenoxy) is 1. The van der Waals surface area contributed by atoms with Gasteiger partial charge in [0.1, 0.15) is 0 Å². The van der Waals surface area contributed by atoms with Gasteiger partial charge in [-0.3, -0.25) is 9.82 Å². The van der Waals surface area contributed by atoms with Crippen LogP contribution in [0.15, 0.2) is 36.7 Å². The van der Waals surface area contributed by atoms with Crippen LogP contribution in [0.5, 0.6) is 0 Å². The largest absolute Gasteiger partial charge is 0.384 e. The normalized spacial score (nSPS) is 11.4. The Morgan fingerprint density at radius 1 is 1.26 bits per heavy atom. The lowest BCUT2D eigenvalue weighted by Crippen LogP contribution is -2.19. The molecule has 0 aliphatic heterocycles. The Labute approximate surface area is 111 Å². The lowest BCUT2D eigenvalue weighted by Gasteiger charge is -2.08. The molecule has 1 heterocycles. The van der Waals surface area contributed by atoms with Crippen LogP contribution in [-0.2, 0) is 14.8 Å². The fourth-order valence-corrected chi connectivity index (χ4v) is 2.55. The third-order valence-electron chi connectivity index (χ3n) is 2.55. The van der Waals surface area contributed by atoms with Gasteiger partial charge in [-0.2, -0.15) is 5.10 Å². The Bertz CT molecular complexity index is 606. The van der Waals surface area contributed by atoms with Crippen LogP contribution in [0.2, 0.25) is 0 Å². The van der Waals surface area contributed by atoms with Crippen molar-refractivity contribution < 1.29 is 13.2 Å². The molecule has 0 saturated heterocycles. The number of aromatic nitrogens is 2. The van der Waals surface area contributed by atoms with Gasteiger partial charge in [-0.25, -0.2) is 8.42 Å². The molecule has 0 fully saturated rings. The highest BCUT2D eigenvalue weighted by atomic mass is 32.2. The molecule has 0 radical (unpaired) electrons. The summed E-state index contributed by atoms with van der Waals surface area (Å²) >= 11 is 0. The average molecular weight is 281 g/mol. The highest BCUT2D eigenvalue weighted by Crippen LogP contribution is 2.20. The Morgan fingerprint density at radius 2 is 2.00 bits per heavy atom. The summed E-state index contributed by atoms with van der Waals surface area (Å²) < 4.78 is 30.6. The van der Waals surface area contributed by atoms with Crippen molar-refractivity contribution >= 4 is 15.7 Å². The van der Waals surface area contributed by atoms with Crippen LogP contribution in [0.4, 0.5) is 5.69 Å². The van der Waals surface area contributed by atoms with Gasteiger partial charge >= 0.3 is 0 Å². The number of benzene rings is 1. The quantitative estimate of drug-likeness (QED) is 0.839. The van der Waals surface area contributed by atoms with Crippen LogP contribution >= 0.6 is 0 Å². The summed E-state index contributed by atoms with van der Waals surface area (Å²) in [5.74, 6) is -0.0625. The zero-order valence-corrected chi connectivity index (χ0v) is 11.3. The maximum atomic E-state index is 11.7. The van der Waals surface area contributed by atoms with Gasteiger partial charge in [0, 0.05) is 24.6 Å². The highest BCUT2D eigenvalue weighted by molar-refractivity contribution is 7.92. The van der Waals surface area contributed by atoms with Crippen molar-refractivity contribution in [3.8, 4) is 11.1 Å². The SMILES string of the molecule is COCCS(=O)(=O)Nc1ccc(-c2cn[nH]c2)cc1. The van der Waals surface area contributed by atoms with Crippen LogP contribution in [0.1, 0.15) is 0 Å². The first kappa shape index (κ1) is 13.6. The van der Waals surface area contributed by atoms with Crippen LogP contribution in [0, 0.1) is 0 Å². The minimum Gasteiger partial charge on any atom is -0.384 e. The summed E-state index contributed by atoms with van der Waals surface area (Å²) in [6.07, 6.45) is 3.48. The third kappa shape index (κ3) is 3.80. The van der Waals surface area contributed by atoms with Crippen molar-refractivity contribution in [1.29, 1.82) is 0 Å². The van der Waals surface area contributed by atoms with Gasteiger partial charge in [0.05, 0.1) is 18.6 Å². The average Bonchev–Trinajstić information content (AvgIpc) is 2.91. The van der Waals surface area contributed by atoms with Crippen molar-refractivity contribution in [3.05, 3.63) is 36.7 Å². The summed E-state index contributed by atoms with van der Waals surface area (Å²) in [4.78, 5) is 0. The minimum atomic E-state index is -3.36. The standard InChI is InChI=1S/C12H15N3O3S/c1-18-6-7-19(16,17)15-12-4-2-10(3-5-12)11-8-13-14-9-11/h2-5,8-9,15H,6-7H2,1H3,(H,13,14). The molecule has 1 aromatic heterocycles. The minimum absolute atomic E-state index is 0.0625. The van der Waals surface area contributed by atoms with Crippen molar-refractivity contribution in [3.63, 3.8) is 0 Å². The van der Waals surface area contributed by atoms with Crippen molar-refractivity contribution in [2.24, 2.45) is 0 Å². The third-order valence-corrected chi connectivity index (χ3v) is 3.80. The molecule has 2 N–H and O–H groups in total. The zero-order chi connectivity index (χ0) is 13.7. The highest BCUT2D eigenvalue weighted by Gasteiger charge is 2.09. The van der Waals surface area contributed by atoms with E-state index in [1.807, 2.05) is 12.1 Å². The van der Waals surface area contributed by atoms with Crippen LogP contribution < -0.4 is 4.72 Å². The van der Waals surface area contributed by atoms with Gasteiger partial charge in [-0.1, -0.05) is 12.1 Å². The first-order valence-electron chi connectivity index (χ1n) is 5.69. The number of anilines is 1. The second kappa shape index (κ2) is 5.85. The summed E-state index contributed by atoms with van der Waals surface area (Å²) in [6.45, 7) is 0.169. The van der Waals surface area contributed by atoms with E-state index < -0.39 is 10.0 Å². The predicted octanol–water partition coefficient (Wildman–Crippen LogP) is 1.46. The molecular weight excluding hydrogens is 266 g/mol. The van der Waals surface area contributed by atoms with E-state index >= 15 is 0 Å². The molecule has 0 saturated carbocycles. The molecule has 102 valence electrons. The first-order chi connectivity index (χ1) is 9.11. The lowest BCUT2D eigenvalue weighted by atomic mass is 10.1. The van der Waals surface area contributed by atoms with Crippen molar-refractivity contribution in [1.82, 2.24) is 10.2 Å². The number of rotatable bonds is 6. The molecule has 19 heavy (non-hydrogen) atoms. The lowest BCUT2D eigenvalue weighted by molar-refractivity contribution is 0.217. The summed E-state index contributed by atoms with van der Waals surface area (Å²) in [5.41, 5.74) is 2.45. The number of aromatic amines is 1. The van der Waals surface area contributed by atoms with Crippen LogP contribution in [0.3, 0.4) is 0 Å². The number of H-pyrrole nitrogens is 1. The van der Waals surface area contributed by atoms with Crippen LogP contribution in [-0.4, -0.2) is 38.1 Å². The molecule has 0 aliphatic rings. The molecule has 0 bridgehead atoms. The van der Waals surface area contributed by atoms with E-state index in [1.54, 1.807) is 24.5 Å². The number of sulfonamides is 1. The first-order valence-corrected chi connectivity index (χ1v) is 7.34. The smallest absolute Gasteiger partial charge is 0.234 e. The summed E-state index contributed by atoms with van der Waals surface area (Å²) in [7, 11) is -1.89. The molecule has 0 atom stereocenters. The molecule has 7 heteroatoms. The van der Waals surface area contributed by atoms with E-state index in [0.29, 0.717) is 5.69 Å². The molecule has 0 amide bonds. The van der Waals surface area contributed by atoms with Crippen LogP contribution in [0.25, 0.3) is 11.1 Å². The van der Waals surface area contributed by atoms with E-state index in [2.05, 4.69) is 14.9 Å². The molecule has 0 aliphatic carbocycles. The fraction of sp³-hybridized carbons (Fsp3) is 0.250. The van der Waals surface area contributed by atoms with E-state index in [-0.39, 0.29) is 12.4 Å². The van der Waals surface area contributed by atoms with E-state index in [0.717, 1.165) is 11.1 Å². The van der Waals surface area contributed by atoms with Gasteiger partial charge in [0.15, 0.2) is 0 Å². The molecule has 1 aromatic carbocycles. The van der Waals surface area contributed by atoms with E-state index in [9.17, 15) is 8.42 Å². The maximum absolute atomic E-state index is 11.7. The molecule has 6 nitrogen and oxygen atoms in total. The Balaban J connectivity index is 2.07. The van der Waals surface area contributed by atoms with Crippen molar-refractivity contribution in [2.45, 2.75) is 0 Å². The Morgan fingerprint density at radius 3 is 2.58 bits per heavy atom. The molecule has 2 aromatic rings. The molecule has 0 spiro atoms. The number of methoxy groups -OCH3 is 1. The Hall–Kier alpha value is -1.86. The monoisotopic (exact) mass is 281 g/mol. The van der Waals surface area contributed by atoms with Gasteiger partial charge < -0.3 is 4.74 Å². The molecule has 2 rings (SSSR count). The number of nitrogens with one attached hydrogen (secondary N) is 2. The number of nitrogens with zero attached hydrogens (tertiary/aromatic N) is 1. The van der Waals surface area contributed by atoms with Crippen molar-refractivity contribution in [2.75, 3.05) is 24.2 Å². The number of hydrogen-bond donors (Lipinski definition) is 2. The molecular formula is C12H15N3O3S. The fourth-order valence-electron chi connectivity index (χ4n) is 1.56. The van der Waals surface area contributed by atoms with Gasteiger partial charge in [0.2, 0.25) is 10.0 Å². The summed E-state index contributed by atoms with van der Waals surface area (Å²) in [6, 6.07) is 7.09. The van der Waals surface area contributed by atoms with Gasteiger partial charge in [-0.05, 0) is 17.7 Å². The van der Waals surface area contributed by atoms with E-state index in [4.69, 9.17) is 4.74 Å². The van der Waals surface area contributed by atoms with Gasteiger partial charge in [-0.15, -0.1) is 0 Å². The molecule has 0 unspecified atom stereocenters. The zero-order valence-electron chi connectivity index (χ0n) is 10.5.